The van der Waals surface area contributed by atoms with Crippen LogP contribution < -0.4 is 14.8 Å². The number of benzene rings is 1. The highest BCUT2D eigenvalue weighted by Crippen LogP contribution is 2.51. The van der Waals surface area contributed by atoms with E-state index < -0.39 is 0 Å². The molecule has 0 bridgehead atoms. The first-order chi connectivity index (χ1) is 12.7. The number of hydrogen-bond acceptors (Lipinski definition) is 3. The Balaban J connectivity index is 0.00000180. The molecule has 1 aromatic carbocycles. The Morgan fingerprint density at radius 1 is 1.15 bits per heavy atom. The average molecular weight is 483 g/mol. The monoisotopic (exact) mass is 483 g/mol. The zero-order chi connectivity index (χ0) is 17.6. The lowest BCUT2D eigenvalue weighted by molar-refractivity contribution is 0.151. The number of ether oxygens (including phenoxy) is 2. The van der Waals surface area contributed by atoms with Gasteiger partial charge in [-0.05, 0) is 62.1 Å². The molecule has 148 valence electrons. The lowest BCUT2D eigenvalue weighted by Crippen LogP contribution is -2.43. The Labute approximate surface area is 178 Å². The number of halogens is 1. The van der Waals surface area contributed by atoms with Crippen LogP contribution in [0.3, 0.4) is 0 Å². The van der Waals surface area contributed by atoms with Crippen LogP contribution in [0.1, 0.15) is 51.0 Å². The largest absolute Gasteiger partial charge is 0.454 e. The first-order valence-electron chi connectivity index (χ1n) is 10.2. The molecule has 3 fully saturated rings. The fraction of sp³-hybridized carbons (Fsp3) is 0.667. The lowest BCUT2D eigenvalue weighted by Gasteiger charge is -2.38. The van der Waals surface area contributed by atoms with Crippen LogP contribution in [0.15, 0.2) is 23.2 Å². The van der Waals surface area contributed by atoms with Gasteiger partial charge >= 0.3 is 0 Å². The van der Waals surface area contributed by atoms with E-state index in [1.807, 2.05) is 6.07 Å². The second-order valence-corrected chi connectivity index (χ2v) is 8.54. The van der Waals surface area contributed by atoms with Gasteiger partial charge in [0, 0.05) is 25.0 Å². The highest BCUT2D eigenvalue weighted by molar-refractivity contribution is 14.0. The van der Waals surface area contributed by atoms with Crippen molar-refractivity contribution in [3.63, 3.8) is 0 Å². The van der Waals surface area contributed by atoms with E-state index in [1.165, 1.54) is 50.6 Å². The molecule has 0 aromatic heterocycles. The summed E-state index contributed by atoms with van der Waals surface area (Å²) in [6.45, 7) is 6.64. The number of guanidine groups is 1. The number of rotatable bonds is 4. The minimum atomic E-state index is 0. The van der Waals surface area contributed by atoms with Crippen molar-refractivity contribution in [2.45, 2.75) is 50.9 Å². The molecule has 2 aliphatic heterocycles. The number of nitrogens with one attached hydrogen (secondary N) is 1. The van der Waals surface area contributed by atoms with E-state index in [1.54, 1.807) is 0 Å². The fourth-order valence-corrected chi connectivity index (χ4v) is 4.77. The van der Waals surface area contributed by atoms with E-state index in [0.717, 1.165) is 37.1 Å². The Bertz CT molecular complexity index is 728. The van der Waals surface area contributed by atoms with Crippen LogP contribution in [0.2, 0.25) is 0 Å². The van der Waals surface area contributed by atoms with Crippen LogP contribution in [-0.4, -0.2) is 43.8 Å². The van der Waals surface area contributed by atoms with E-state index >= 15 is 0 Å². The van der Waals surface area contributed by atoms with E-state index in [9.17, 15) is 0 Å². The van der Waals surface area contributed by atoms with Crippen LogP contribution in [0, 0.1) is 5.41 Å². The van der Waals surface area contributed by atoms with Gasteiger partial charge in [-0.25, -0.2) is 0 Å². The quantitative estimate of drug-likeness (QED) is 0.401. The van der Waals surface area contributed by atoms with Gasteiger partial charge in [-0.3, -0.25) is 4.99 Å². The number of aliphatic imine (C=N–C) groups is 1. The predicted molar refractivity (Wildman–Crippen MR) is 117 cm³/mol. The van der Waals surface area contributed by atoms with Crippen LogP contribution in [0.4, 0.5) is 0 Å². The van der Waals surface area contributed by atoms with Gasteiger partial charge in [-0.15, -0.1) is 24.0 Å². The normalized spacial score (nSPS) is 23.7. The van der Waals surface area contributed by atoms with Crippen molar-refractivity contribution in [3.8, 4) is 11.5 Å². The molecule has 6 heteroatoms. The van der Waals surface area contributed by atoms with Crippen molar-refractivity contribution >= 4 is 29.9 Å². The van der Waals surface area contributed by atoms with Gasteiger partial charge in [-0.1, -0.05) is 12.5 Å². The summed E-state index contributed by atoms with van der Waals surface area (Å²) in [5, 5.41) is 3.54. The first kappa shape index (κ1) is 19.2. The van der Waals surface area contributed by atoms with Crippen LogP contribution >= 0.6 is 24.0 Å². The fourth-order valence-electron chi connectivity index (χ4n) is 4.77. The smallest absolute Gasteiger partial charge is 0.231 e. The van der Waals surface area contributed by atoms with E-state index in [0.29, 0.717) is 12.2 Å². The molecule has 0 atom stereocenters. The second-order valence-electron chi connectivity index (χ2n) is 8.54. The third-order valence-electron chi connectivity index (χ3n) is 6.86. The van der Waals surface area contributed by atoms with Gasteiger partial charge < -0.3 is 19.7 Å². The summed E-state index contributed by atoms with van der Waals surface area (Å²) in [4.78, 5) is 7.58. The maximum atomic E-state index is 5.57. The molecule has 0 unspecified atom stereocenters. The summed E-state index contributed by atoms with van der Waals surface area (Å²) in [6, 6.07) is 6.41. The van der Waals surface area contributed by atoms with E-state index in [-0.39, 0.29) is 29.4 Å². The SMILES string of the molecule is CCNC(=NCC1(c2ccc3c(c2)OCO3)CC1)N1CCC2(CCC2)C1.I. The minimum Gasteiger partial charge on any atom is -0.454 e. The number of hydrogen-bond donors (Lipinski definition) is 1. The molecular weight excluding hydrogens is 453 g/mol. The molecule has 2 aliphatic carbocycles. The number of likely N-dealkylation sites (tertiary alicyclic amines) is 1. The molecule has 2 heterocycles. The Morgan fingerprint density at radius 3 is 2.63 bits per heavy atom. The van der Waals surface area contributed by atoms with Gasteiger partial charge in [0.2, 0.25) is 6.79 Å². The average Bonchev–Trinajstić information content (AvgIpc) is 3.07. The molecule has 5 nitrogen and oxygen atoms in total. The van der Waals surface area contributed by atoms with Crippen molar-refractivity contribution in [1.29, 1.82) is 0 Å². The molecule has 1 spiro atoms. The second kappa shape index (κ2) is 7.33. The first-order valence-corrected chi connectivity index (χ1v) is 10.2. The van der Waals surface area contributed by atoms with Crippen molar-refractivity contribution in [2.75, 3.05) is 33.0 Å². The molecule has 1 N–H and O–H groups in total. The lowest BCUT2D eigenvalue weighted by atomic mass is 9.68. The molecule has 0 amide bonds. The molecule has 1 saturated heterocycles. The topological polar surface area (TPSA) is 46.1 Å². The van der Waals surface area contributed by atoms with Gasteiger partial charge in [-0.2, -0.15) is 0 Å². The Morgan fingerprint density at radius 2 is 1.96 bits per heavy atom. The Hall–Kier alpha value is -1.18. The standard InChI is InChI=1S/C21H29N3O2.HI/c1-2-22-19(24-11-10-20(14-24)6-3-7-20)23-13-21(8-9-21)16-4-5-17-18(12-16)26-15-25-17;/h4-5,12H,2-3,6-11,13-15H2,1H3,(H,22,23);1H. The predicted octanol–water partition coefficient (Wildman–Crippen LogP) is 3.91. The summed E-state index contributed by atoms with van der Waals surface area (Å²) in [5.74, 6) is 2.86. The molecule has 1 aromatic rings. The highest BCUT2D eigenvalue weighted by Gasteiger charge is 2.46. The van der Waals surface area contributed by atoms with Crippen molar-refractivity contribution in [3.05, 3.63) is 23.8 Å². The van der Waals surface area contributed by atoms with E-state index in [4.69, 9.17) is 14.5 Å². The van der Waals surface area contributed by atoms with Crippen LogP contribution in [0.25, 0.3) is 0 Å². The van der Waals surface area contributed by atoms with Crippen molar-refractivity contribution < 1.29 is 9.47 Å². The minimum absolute atomic E-state index is 0. The van der Waals surface area contributed by atoms with Crippen LogP contribution in [0.5, 0.6) is 11.5 Å². The van der Waals surface area contributed by atoms with Gasteiger partial charge in [0.15, 0.2) is 17.5 Å². The zero-order valence-corrected chi connectivity index (χ0v) is 18.5. The van der Waals surface area contributed by atoms with E-state index in [2.05, 4.69) is 29.3 Å². The molecular formula is C21H30IN3O2. The Kier molecular flexibility index (Phi) is 5.20. The third kappa shape index (κ3) is 3.49. The maximum Gasteiger partial charge on any atom is 0.231 e. The summed E-state index contributed by atoms with van der Waals surface area (Å²) >= 11 is 0. The highest BCUT2D eigenvalue weighted by atomic mass is 127. The van der Waals surface area contributed by atoms with Crippen molar-refractivity contribution in [2.24, 2.45) is 10.4 Å². The molecule has 0 radical (unpaired) electrons. The van der Waals surface area contributed by atoms with Crippen LogP contribution in [-0.2, 0) is 5.41 Å². The molecule has 27 heavy (non-hydrogen) atoms. The number of nitrogens with zero attached hydrogens (tertiary/aromatic N) is 2. The number of fused-ring (bicyclic) bond motifs is 1. The molecule has 2 saturated carbocycles. The van der Waals surface area contributed by atoms with Crippen molar-refractivity contribution in [1.82, 2.24) is 10.2 Å². The summed E-state index contributed by atoms with van der Waals surface area (Å²) in [5.41, 5.74) is 2.14. The third-order valence-corrected chi connectivity index (χ3v) is 6.86. The summed E-state index contributed by atoms with van der Waals surface area (Å²) in [7, 11) is 0. The van der Waals surface area contributed by atoms with Gasteiger partial charge in [0.25, 0.3) is 0 Å². The summed E-state index contributed by atoms with van der Waals surface area (Å²) < 4.78 is 11.0. The van der Waals surface area contributed by atoms with Gasteiger partial charge in [0.05, 0.1) is 6.54 Å². The molecule has 5 rings (SSSR count). The maximum absolute atomic E-state index is 5.57. The molecule has 4 aliphatic rings. The summed E-state index contributed by atoms with van der Waals surface area (Å²) in [6.07, 6.45) is 7.98. The van der Waals surface area contributed by atoms with Gasteiger partial charge in [0.1, 0.15) is 0 Å². The zero-order valence-electron chi connectivity index (χ0n) is 16.1.